The maximum absolute atomic E-state index is 11.9. The molecule has 6 nitrogen and oxygen atoms in total. The van der Waals surface area contributed by atoms with Gasteiger partial charge in [0.05, 0.1) is 12.7 Å². The number of aromatic nitrogens is 1. The second-order valence-electron chi connectivity index (χ2n) is 5.31. The topological polar surface area (TPSA) is 77.4 Å². The Morgan fingerprint density at radius 3 is 2.58 bits per heavy atom. The first-order chi connectivity index (χ1) is 11.6. The first-order valence-electron chi connectivity index (χ1n) is 7.69. The van der Waals surface area contributed by atoms with Gasteiger partial charge < -0.3 is 14.6 Å². The summed E-state index contributed by atoms with van der Waals surface area (Å²) in [7, 11) is 1.26. The van der Waals surface area contributed by atoms with Gasteiger partial charge in [0.1, 0.15) is 6.54 Å². The first-order valence-corrected chi connectivity index (χ1v) is 7.69. The number of carbonyl (C=O) groups is 2. The van der Waals surface area contributed by atoms with Crippen molar-refractivity contribution in [2.45, 2.75) is 19.4 Å². The van der Waals surface area contributed by atoms with Gasteiger partial charge in [0.15, 0.2) is 0 Å². The summed E-state index contributed by atoms with van der Waals surface area (Å²) in [6, 6.07) is 12.6. The van der Waals surface area contributed by atoms with Crippen LogP contribution in [0.4, 0.5) is 0 Å². The molecule has 0 saturated carbocycles. The lowest BCUT2D eigenvalue weighted by Gasteiger charge is -2.08. The fourth-order valence-corrected chi connectivity index (χ4v) is 2.27. The van der Waals surface area contributed by atoms with E-state index < -0.39 is 5.97 Å². The van der Waals surface area contributed by atoms with Crippen molar-refractivity contribution in [1.29, 1.82) is 0 Å². The van der Waals surface area contributed by atoms with Crippen LogP contribution in [0.25, 0.3) is 0 Å². The van der Waals surface area contributed by atoms with Crippen LogP contribution < -0.4 is 10.9 Å². The van der Waals surface area contributed by atoms with Crippen molar-refractivity contribution in [3.05, 3.63) is 70.1 Å². The average molecular weight is 328 g/mol. The van der Waals surface area contributed by atoms with Gasteiger partial charge in [0.25, 0.3) is 5.56 Å². The molecule has 1 aromatic heterocycles. The number of carbonyl (C=O) groups excluding carboxylic acids is 2. The van der Waals surface area contributed by atoms with Crippen molar-refractivity contribution in [1.82, 2.24) is 9.88 Å². The fraction of sp³-hybridized carbons (Fsp3) is 0.278. The van der Waals surface area contributed by atoms with Gasteiger partial charge in [-0.2, -0.15) is 0 Å². The molecule has 0 aliphatic rings. The van der Waals surface area contributed by atoms with Crippen LogP contribution in [0.1, 0.15) is 22.3 Å². The molecule has 1 amide bonds. The second-order valence-corrected chi connectivity index (χ2v) is 5.31. The van der Waals surface area contributed by atoms with Crippen molar-refractivity contribution in [2.75, 3.05) is 13.7 Å². The van der Waals surface area contributed by atoms with E-state index in [0.717, 1.165) is 12.8 Å². The molecule has 1 N–H and O–H groups in total. The molecule has 0 fully saturated rings. The molecule has 126 valence electrons. The zero-order valence-electron chi connectivity index (χ0n) is 13.5. The van der Waals surface area contributed by atoms with E-state index in [1.807, 2.05) is 30.3 Å². The summed E-state index contributed by atoms with van der Waals surface area (Å²) in [5.41, 5.74) is 1.10. The van der Waals surface area contributed by atoms with Crippen molar-refractivity contribution in [2.24, 2.45) is 0 Å². The molecule has 0 radical (unpaired) electrons. The van der Waals surface area contributed by atoms with Crippen molar-refractivity contribution >= 4 is 11.9 Å². The summed E-state index contributed by atoms with van der Waals surface area (Å²) in [5, 5.41) is 2.78. The number of benzene rings is 1. The number of nitrogens with zero attached hydrogens (tertiary/aromatic N) is 1. The fourth-order valence-electron chi connectivity index (χ4n) is 2.27. The first kappa shape index (κ1) is 17.5. The van der Waals surface area contributed by atoms with Gasteiger partial charge in [-0.05, 0) is 24.5 Å². The van der Waals surface area contributed by atoms with Crippen molar-refractivity contribution < 1.29 is 14.3 Å². The quantitative estimate of drug-likeness (QED) is 0.615. The van der Waals surface area contributed by atoms with Crippen LogP contribution in [-0.4, -0.2) is 30.1 Å². The number of aryl methyl sites for hydroxylation is 1. The van der Waals surface area contributed by atoms with Gasteiger partial charge in [0.2, 0.25) is 5.91 Å². The number of methoxy groups -OCH3 is 1. The molecule has 0 aliphatic heterocycles. The Hall–Kier alpha value is -2.89. The molecule has 6 heteroatoms. The highest BCUT2D eigenvalue weighted by atomic mass is 16.5. The van der Waals surface area contributed by atoms with Gasteiger partial charge in [-0.15, -0.1) is 0 Å². The summed E-state index contributed by atoms with van der Waals surface area (Å²) < 4.78 is 5.80. The highest BCUT2D eigenvalue weighted by molar-refractivity contribution is 5.88. The van der Waals surface area contributed by atoms with E-state index in [2.05, 4.69) is 10.1 Å². The Morgan fingerprint density at radius 1 is 1.12 bits per heavy atom. The minimum atomic E-state index is -0.549. The van der Waals surface area contributed by atoms with Gasteiger partial charge in [-0.25, -0.2) is 4.79 Å². The molecule has 1 heterocycles. The zero-order chi connectivity index (χ0) is 17.4. The Morgan fingerprint density at radius 2 is 1.88 bits per heavy atom. The van der Waals surface area contributed by atoms with Gasteiger partial charge in [0, 0.05) is 18.8 Å². The number of hydrogen-bond donors (Lipinski definition) is 1. The van der Waals surface area contributed by atoms with Crippen LogP contribution in [0.3, 0.4) is 0 Å². The van der Waals surface area contributed by atoms with E-state index >= 15 is 0 Å². The number of esters is 1. The molecule has 0 atom stereocenters. The third-order valence-corrected chi connectivity index (χ3v) is 3.53. The van der Waals surface area contributed by atoms with Crippen LogP contribution >= 0.6 is 0 Å². The molecule has 0 unspecified atom stereocenters. The lowest BCUT2D eigenvalue weighted by Crippen LogP contribution is -2.33. The van der Waals surface area contributed by atoms with E-state index in [0.29, 0.717) is 6.54 Å². The van der Waals surface area contributed by atoms with E-state index in [1.54, 1.807) is 0 Å². The number of amides is 1. The number of ether oxygens (including phenoxy) is 1. The molecule has 0 aliphatic carbocycles. The van der Waals surface area contributed by atoms with Crippen LogP contribution in [0.2, 0.25) is 0 Å². The predicted molar refractivity (Wildman–Crippen MR) is 89.8 cm³/mol. The van der Waals surface area contributed by atoms with Gasteiger partial charge in [-0.1, -0.05) is 30.3 Å². The third kappa shape index (κ3) is 5.08. The second kappa shape index (κ2) is 8.67. The largest absolute Gasteiger partial charge is 0.465 e. The lowest BCUT2D eigenvalue weighted by molar-refractivity contribution is -0.121. The molecular weight excluding hydrogens is 308 g/mol. The number of hydrogen-bond acceptors (Lipinski definition) is 4. The summed E-state index contributed by atoms with van der Waals surface area (Å²) >= 11 is 0. The summed E-state index contributed by atoms with van der Waals surface area (Å²) in [4.78, 5) is 35.2. The van der Waals surface area contributed by atoms with E-state index in [-0.39, 0.29) is 23.6 Å². The molecule has 0 bridgehead atoms. The number of rotatable bonds is 7. The zero-order valence-corrected chi connectivity index (χ0v) is 13.5. The average Bonchev–Trinajstić information content (AvgIpc) is 2.61. The van der Waals surface area contributed by atoms with E-state index in [4.69, 9.17) is 0 Å². The number of pyridine rings is 1. The molecule has 0 saturated heterocycles. The monoisotopic (exact) mass is 328 g/mol. The van der Waals surface area contributed by atoms with Crippen molar-refractivity contribution in [3.63, 3.8) is 0 Å². The molecule has 2 rings (SSSR count). The van der Waals surface area contributed by atoms with E-state index in [1.165, 1.54) is 35.6 Å². The minimum absolute atomic E-state index is 0.130. The van der Waals surface area contributed by atoms with Crippen LogP contribution in [0, 0.1) is 0 Å². The van der Waals surface area contributed by atoms with Gasteiger partial charge >= 0.3 is 5.97 Å². The van der Waals surface area contributed by atoms with Gasteiger partial charge in [-0.3, -0.25) is 9.59 Å². The Balaban J connectivity index is 1.84. The molecule has 1 aromatic carbocycles. The summed E-state index contributed by atoms with van der Waals surface area (Å²) in [6.07, 6.45) is 3.02. The van der Waals surface area contributed by atoms with E-state index in [9.17, 15) is 14.4 Å². The van der Waals surface area contributed by atoms with Crippen molar-refractivity contribution in [3.8, 4) is 0 Å². The highest BCUT2D eigenvalue weighted by Gasteiger charge is 2.09. The Kier molecular flexibility index (Phi) is 6.31. The number of nitrogens with one attached hydrogen (secondary N) is 1. The molecule has 2 aromatic rings. The molecular formula is C18H20N2O4. The van der Waals surface area contributed by atoms with Crippen LogP contribution in [-0.2, 0) is 22.5 Å². The lowest BCUT2D eigenvalue weighted by atomic mass is 10.1. The Bertz CT molecular complexity index is 753. The normalized spacial score (nSPS) is 10.2. The standard InChI is InChI=1S/C18H20N2O4/c1-24-18(23)15-9-10-17(22)20(12-15)13-16(21)19-11-5-8-14-6-3-2-4-7-14/h2-4,6-7,9-10,12H,5,8,11,13H2,1H3,(H,19,21). The summed E-state index contributed by atoms with van der Waals surface area (Å²) in [6.45, 7) is 0.397. The molecule has 24 heavy (non-hydrogen) atoms. The molecule has 0 spiro atoms. The maximum Gasteiger partial charge on any atom is 0.339 e. The SMILES string of the molecule is COC(=O)c1ccc(=O)n(CC(=O)NCCCc2ccccc2)c1. The smallest absolute Gasteiger partial charge is 0.339 e. The highest BCUT2D eigenvalue weighted by Crippen LogP contribution is 2.01. The Labute approximate surface area is 140 Å². The maximum atomic E-state index is 11.9. The summed E-state index contributed by atoms with van der Waals surface area (Å²) in [5.74, 6) is -0.820. The third-order valence-electron chi connectivity index (χ3n) is 3.53. The minimum Gasteiger partial charge on any atom is -0.465 e. The van der Waals surface area contributed by atoms with Crippen LogP contribution in [0.15, 0.2) is 53.5 Å². The van der Waals surface area contributed by atoms with Crippen LogP contribution in [0.5, 0.6) is 0 Å². The predicted octanol–water partition coefficient (Wildman–Crippen LogP) is 1.38.